The second-order valence-electron chi connectivity index (χ2n) is 9.86. The Morgan fingerprint density at radius 2 is 2.09 bits per heavy atom. The van der Waals surface area contributed by atoms with E-state index in [0.29, 0.717) is 18.3 Å². The summed E-state index contributed by atoms with van der Waals surface area (Å²) in [5.74, 6) is 1.66. The Hall–Kier alpha value is -2.34. The number of aliphatic carboxylic acids is 1. The van der Waals surface area contributed by atoms with Crippen LogP contribution in [0.1, 0.15) is 62.7 Å². The summed E-state index contributed by atoms with van der Waals surface area (Å²) in [6.45, 7) is 4.68. The largest absolute Gasteiger partial charge is 0.497 e. The lowest BCUT2D eigenvalue weighted by atomic mass is 9.44. The van der Waals surface area contributed by atoms with Crippen molar-refractivity contribution in [2.24, 2.45) is 23.2 Å². The highest BCUT2D eigenvalue weighted by atomic mass is 32.1. The molecule has 1 aromatic heterocycles. The summed E-state index contributed by atoms with van der Waals surface area (Å²) in [6.07, 6.45) is 9.21. The average Bonchev–Trinajstić information content (AvgIpc) is 3.19. The maximum Gasteiger partial charge on any atom is 0.303 e. The van der Waals surface area contributed by atoms with Gasteiger partial charge in [-0.3, -0.25) is 9.59 Å². The Bertz CT molecular complexity index is 1020. The lowest BCUT2D eigenvalue weighted by molar-refractivity contribution is -0.137. The van der Waals surface area contributed by atoms with Gasteiger partial charge in [0.25, 0.3) is 5.91 Å². The van der Waals surface area contributed by atoms with Crippen molar-refractivity contribution in [2.45, 2.75) is 58.4 Å². The number of nitrogens with one attached hydrogen (secondary N) is 1. The zero-order chi connectivity index (χ0) is 22.9. The molecule has 4 atom stereocenters. The van der Waals surface area contributed by atoms with Crippen LogP contribution < -0.4 is 10.1 Å². The van der Waals surface area contributed by atoms with E-state index in [1.165, 1.54) is 6.42 Å². The molecule has 32 heavy (non-hydrogen) atoms. The molecule has 3 aliphatic carbocycles. The molecule has 0 spiro atoms. The Morgan fingerprint density at radius 1 is 1.28 bits per heavy atom. The Balaban J connectivity index is 1.47. The fraction of sp³-hybridized carbons (Fsp3) is 0.538. The van der Waals surface area contributed by atoms with Gasteiger partial charge in [0.1, 0.15) is 5.75 Å². The van der Waals surface area contributed by atoms with E-state index in [2.05, 4.69) is 31.3 Å². The number of allylic oxidation sites excluding steroid dienone is 2. The first-order chi connectivity index (χ1) is 15.3. The van der Waals surface area contributed by atoms with Crippen LogP contribution in [0.25, 0.3) is 10.1 Å². The van der Waals surface area contributed by atoms with Crippen LogP contribution in [0, 0.1) is 23.2 Å². The van der Waals surface area contributed by atoms with Gasteiger partial charge in [-0.15, -0.1) is 11.3 Å². The molecule has 3 fully saturated rings. The van der Waals surface area contributed by atoms with Crippen LogP contribution in [-0.4, -0.2) is 30.1 Å². The molecule has 1 aromatic carbocycles. The highest BCUT2D eigenvalue weighted by Crippen LogP contribution is 2.61. The smallest absolute Gasteiger partial charge is 0.303 e. The summed E-state index contributed by atoms with van der Waals surface area (Å²) in [4.78, 5) is 24.0. The second-order valence-corrected chi connectivity index (χ2v) is 10.8. The summed E-state index contributed by atoms with van der Waals surface area (Å²) >= 11 is 1.59. The van der Waals surface area contributed by atoms with E-state index in [4.69, 9.17) is 9.84 Å². The maximum atomic E-state index is 13.4. The molecular weight excluding hydrogens is 422 g/mol. The first-order valence-electron chi connectivity index (χ1n) is 11.5. The Morgan fingerprint density at radius 3 is 2.81 bits per heavy atom. The first kappa shape index (κ1) is 22.8. The standard InChI is InChI=1S/C26H33NO4S/c1-26(2)17-12-16(8-6-4-5-7-9-23(28)29)24(21(26)13-17)27-25(30)20-15-32-22-11-10-18(31-3)14-19(20)22/h4,6,10-11,14-17,21,24H,5,7-9,12-13H2,1-3H3,(H,27,30)(H,28,29)/t16-,17+,21+,24-/m0/s1. The van der Waals surface area contributed by atoms with Crippen molar-refractivity contribution in [3.63, 3.8) is 0 Å². The lowest BCUT2D eigenvalue weighted by Crippen LogP contribution is -2.63. The maximum absolute atomic E-state index is 13.4. The normalized spacial score (nSPS) is 26.1. The van der Waals surface area contributed by atoms with Gasteiger partial charge in [-0.25, -0.2) is 0 Å². The number of thiophene rings is 1. The van der Waals surface area contributed by atoms with E-state index in [0.717, 1.165) is 46.6 Å². The Kier molecular flexibility index (Phi) is 6.61. The van der Waals surface area contributed by atoms with Gasteiger partial charge in [0.15, 0.2) is 0 Å². The summed E-state index contributed by atoms with van der Waals surface area (Å²) in [5.41, 5.74) is 0.991. The topological polar surface area (TPSA) is 75.6 Å². The molecule has 6 heteroatoms. The van der Waals surface area contributed by atoms with Crippen LogP contribution in [0.5, 0.6) is 5.75 Å². The molecule has 1 heterocycles. The molecule has 5 rings (SSSR count). The number of benzene rings is 1. The summed E-state index contributed by atoms with van der Waals surface area (Å²) in [5, 5.41) is 15.1. The van der Waals surface area contributed by atoms with Crippen LogP contribution >= 0.6 is 11.3 Å². The predicted molar refractivity (Wildman–Crippen MR) is 128 cm³/mol. The minimum absolute atomic E-state index is 0.00564. The van der Waals surface area contributed by atoms with Crippen molar-refractivity contribution in [2.75, 3.05) is 7.11 Å². The number of carboxylic acids is 1. The van der Waals surface area contributed by atoms with E-state index in [-0.39, 0.29) is 23.8 Å². The number of carbonyl (C=O) groups is 2. The van der Waals surface area contributed by atoms with Crippen LogP contribution in [0.2, 0.25) is 0 Å². The molecular formula is C26H33NO4S. The minimum Gasteiger partial charge on any atom is -0.497 e. The Labute approximate surface area is 193 Å². The SMILES string of the molecule is COc1ccc2scc(C(=O)N[C@H]3[C@@H](CC=CCCCC(=O)O)C[C@@H]4C[C@H]3C4(C)C)c2c1. The fourth-order valence-corrected chi connectivity index (χ4v) is 6.59. The number of rotatable bonds is 9. The molecule has 2 aromatic rings. The number of carbonyl (C=O) groups excluding carboxylic acids is 1. The number of hydrogen-bond donors (Lipinski definition) is 2. The summed E-state index contributed by atoms with van der Waals surface area (Å²) in [6, 6.07) is 6.04. The van der Waals surface area contributed by atoms with Crippen LogP contribution in [0.4, 0.5) is 0 Å². The molecule has 2 N–H and O–H groups in total. The molecule has 3 aliphatic rings. The van der Waals surface area contributed by atoms with Gasteiger partial charge >= 0.3 is 5.97 Å². The van der Waals surface area contributed by atoms with Crippen molar-refractivity contribution in [1.82, 2.24) is 5.32 Å². The number of hydrogen-bond acceptors (Lipinski definition) is 4. The first-order valence-corrected chi connectivity index (χ1v) is 12.4. The van der Waals surface area contributed by atoms with Crippen molar-refractivity contribution in [1.29, 1.82) is 0 Å². The monoisotopic (exact) mass is 455 g/mol. The molecule has 0 aliphatic heterocycles. The van der Waals surface area contributed by atoms with E-state index < -0.39 is 5.97 Å². The number of unbranched alkanes of at least 4 members (excludes halogenated alkanes) is 1. The third-order valence-corrected chi connectivity index (χ3v) is 8.73. The molecule has 0 unspecified atom stereocenters. The van der Waals surface area contributed by atoms with Gasteiger partial charge < -0.3 is 15.2 Å². The number of ether oxygens (including phenoxy) is 1. The molecule has 172 valence electrons. The summed E-state index contributed by atoms with van der Waals surface area (Å²) in [7, 11) is 1.64. The van der Waals surface area contributed by atoms with Crippen molar-refractivity contribution in [3.05, 3.63) is 41.3 Å². The van der Waals surface area contributed by atoms with E-state index in [1.807, 2.05) is 23.6 Å². The van der Waals surface area contributed by atoms with Crippen LogP contribution in [0.3, 0.4) is 0 Å². The van der Waals surface area contributed by atoms with E-state index >= 15 is 0 Å². The van der Waals surface area contributed by atoms with Gasteiger partial charge in [0, 0.05) is 27.9 Å². The van der Waals surface area contributed by atoms with Crippen LogP contribution in [-0.2, 0) is 4.79 Å². The zero-order valence-corrected chi connectivity index (χ0v) is 19.9. The van der Waals surface area contributed by atoms with Gasteiger partial charge in [0.05, 0.1) is 12.7 Å². The number of carboxylic acid groups (broad SMARTS) is 1. The van der Waals surface area contributed by atoms with Gasteiger partial charge in [-0.05, 0) is 73.5 Å². The molecule has 0 saturated heterocycles. The fourth-order valence-electron chi connectivity index (χ4n) is 5.67. The van der Waals surface area contributed by atoms with E-state index in [1.54, 1.807) is 18.4 Å². The van der Waals surface area contributed by atoms with Crippen molar-refractivity contribution >= 4 is 33.3 Å². The average molecular weight is 456 g/mol. The number of fused-ring (bicyclic) bond motifs is 3. The minimum atomic E-state index is -0.741. The van der Waals surface area contributed by atoms with Crippen LogP contribution in [0.15, 0.2) is 35.7 Å². The quantitative estimate of drug-likeness (QED) is 0.365. The zero-order valence-electron chi connectivity index (χ0n) is 19.1. The van der Waals surface area contributed by atoms with Gasteiger partial charge in [-0.1, -0.05) is 26.0 Å². The molecule has 1 amide bonds. The van der Waals surface area contributed by atoms with Crippen molar-refractivity contribution < 1.29 is 19.4 Å². The highest BCUT2D eigenvalue weighted by molar-refractivity contribution is 7.17. The molecule has 3 saturated carbocycles. The summed E-state index contributed by atoms with van der Waals surface area (Å²) < 4.78 is 6.45. The lowest BCUT2D eigenvalue weighted by Gasteiger charge is -2.62. The highest BCUT2D eigenvalue weighted by Gasteiger charge is 2.57. The predicted octanol–water partition coefficient (Wildman–Crippen LogP) is 5.89. The molecule has 2 bridgehead atoms. The van der Waals surface area contributed by atoms with Gasteiger partial charge in [0.2, 0.25) is 0 Å². The number of amides is 1. The number of methoxy groups -OCH3 is 1. The third kappa shape index (κ3) is 4.42. The third-order valence-electron chi connectivity index (χ3n) is 7.76. The van der Waals surface area contributed by atoms with Crippen molar-refractivity contribution in [3.8, 4) is 5.75 Å². The van der Waals surface area contributed by atoms with Gasteiger partial charge in [-0.2, -0.15) is 0 Å². The molecule has 0 radical (unpaired) electrons. The molecule has 5 nitrogen and oxygen atoms in total. The second kappa shape index (κ2) is 9.26. The van der Waals surface area contributed by atoms with E-state index in [9.17, 15) is 9.59 Å².